The predicted molar refractivity (Wildman–Crippen MR) is 179 cm³/mol. The maximum Gasteiger partial charge on any atom is 0.302 e. The molecule has 0 saturated heterocycles. The van der Waals surface area contributed by atoms with Crippen LogP contribution in [0.4, 0.5) is 0 Å². The molecule has 2 saturated carbocycles. The number of carbonyl (C=O) groups is 1. The van der Waals surface area contributed by atoms with E-state index in [1.54, 1.807) is 0 Å². The Bertz CT molecular complexity index is 1270. The molecule has 0 amide bonds. The van der Waals surface area contributed by atoms with Crippen LogP contribution in [0.2, 0.25) is 0 Å². The minimum atomic E-state index is -0.678. The van der Waals surface area contributed by atoms with Crippen LogP contribution in [-0.4, -0.2) is 12.1 Å². The van der Waals surface area contributed by atoms with Crippen molar-refractivity contribution in [2.75, 3.05) is 0 Å². The molecule has 10 radical (unpaired) electrons. The van der Waals surface area contributed by atoms with Gasteiger partial charge in [0.05, 0.1) is 0 Å². The number of hydrogen-bond acceptors (Lipinski definition) is 2. The molecule has 0 bridgehead atoms. The van der Waals surface area contributed by atoms with E-state index in [2.05, 4.69) is 148 Å². The van der Waals surface area contributed by atoms with Crippen LogP contribution in [0, 0.1) is 62.2 Å². The molecule has 0 aliphatic heterocycles. The van der Waals surface area contributed by atoms with Crippen molar-refractivity contribution in [3.05, 3.63) is 184 Å². The molecular formula is C38H34FeO2P2. The predicted octanol–water partition coefficient (Wildman–Crippen LogP) is 7.28. The molecule has 43 heavy (non-hydrogen) atoms. The average molecular weight is 640 g/mol. The van der Waals surface area contributed by atoms with E-state index in [0.717, 1.165) is 5.92 Å². The Balaban J connectivity index is 0.000000199. The molecular weight excluding hydrogens is 606 g/mol. The van der Waals surface area contributed by atoms with Crippen LogP contribution < -0.4 is 21.2 Å². The minimum Gasteiger partial charge on any atom is -0.462 e. The summed E-state index contributed by atoms with van der Waals surface area (Å²) < 4.78 is 5.43. The topological polar surface area (TPSA) is 26.3 Å². The second-order valence-corrected chi connectivity index (χ2v) is 14.2. The SMILES string of the molecule is CC(=O)O[C@@H](C)[C]1[CH][CH][CH][C]1P(c1ccccc1)c1ccccc1.[CH]1[CH][CH][C](P(c2ccccc2)c2ccccc2)[CH]1.[Fe]. The van der Waals surface area contributed by atoms with Crippen molar-refractivity contribution in [2.24, 2.45) is 0 Å². The van der Waals surface area contributed by atoms with E-state index in [0.29, 0.717) is 0 Å². The molecule has 4 aromatic carbocycles. The van der Waals surface area contributed by atoms with Crippen LogP contribution in [0.3, 0.4) is 0 Å². The van der Waals surface area contributed by atoms with E-state index in [1.165, 1.54) is 39.5 Å². The zero-order valence-corrected chi connectivity index (χ0v) is 27.1. The number of benzene rings is 4. The zero-order valence-electron chi connectivity index (χ0n) is 24.2. The van der Waals surface area contributed by atoms with Crippen LogP contribution in [0.1, 0.15) is 13.8 Å². The van der Waals surface area contributed by atoms with Gasteiger partial charge in [0, 0.05) is 41.2 Å². The Kier molecular flexibility index (Phi) is 13.5. The van der Waals surface area contributed by atoms with Gasteiger partial charge in [0.15, 0.2) is 0 Å². The molecule has 0 spiro atoms. The maximum absolute atomic E-state index is 11.4. The van der Waals surface area contributed by atoms with Crippen molar-refractivity contribution in [1.29, 1.82) is 0 Å². The molecule has 1 atom stereocenters. The van der Waals surface area contributed by atoms with Crippen LogP contribution in [0.5, 0.6) is 0 Å². The zero-order chi connectivity index (χ0) is 29.1. The molecule has 5 heteroatoms. The molecule has 0 heterocycles. The monoisotopic (exact) mass is 640 g/mol. The molecule has 216 valence electrons. The average Bonchev–Trinajstić information content (AvgIpc) is 3.73. The molecule has 0 aromatic heterocycles. The molecule has 4 aromatic rings. The summed E-state index contributed by atoms with van der Waals surface area (Å²) in [4.78, 5) is 11.4. The number of ether oxygens (including phenoxy) is 1. The Morgan fingerprint density at radius 3 is 1.35 bits per heavy atom. The molecule has 0 unspecified atom stereocenters. The summed E-state index contributed by atoms with van der Waals surface area (Å²) in [6.07, 6.45) is 14.7. The van der Waals surface area contributed by atoms with E-state index < -0.39 is 15.8 Å². The smallest absolute Gasteiger partial charge is 0.302 e. The van der Waals surface area contributed by atoms with Crippen LogP contribution >= 0.6 is 15.8 Å². The fraction of sp³-hybridized carbons (Fsp3) is 0.0789. The number of carbonyl (C=O) groups excluding carboxylic acids is 1. The third kappa shape index (κ3) is 9.12. The van der Waals surface area contributed by atoms with Gasteiger partial charge in [0.25, 0.3) is 0 Å². The number of rotatable bonds is 8. The van der Waals surface area contributed by atoms with Gasteiger partial charge in [-0.15, -0.1) is 0 Å². The third-order valence-electron chi connectivity index (χ3n) is 6.81. The molecule has 0 N–H and O–H groups in total. The van der Waals surface area contributed by atoms with Crippen molar-refractivity contribution in [1.82, 2.24) is 0 Å². The van der Waals surface area contributed by atoms with Gasteiger partial charge in [0.1, 0.15) is 6.10 Å². The van der Waals surface area contributed by atoms with Crippen molar-refractivity contribution in [3.63, 3.8) is 0 Å². The van der Waals surface area contributed by atoms with Crippen molar-refractivity contribution >= 4 is 43.0 Å². The Hall–Kier alpha value is -2.27. The van der Waals surface area contributed by atoms with Crippen molar-refractivity contribution in [2.45, 2.75) is 20.0 Å². The summed E-state index contributed by atoms with van der Waals surface area (Å²) in [5, 5.41) is 5.40. The van der Waals surface area contributed by atoms with Crippen molar-refractivity contribution in [3.8, 4) is 0 Å². The van der Waals surface area contributed by atoms with E-state index in [9.17, 15) is 4.79 Å². The quantitative estimate of drug-likeness (QED) is 0.115. The molecule has 2 fully saturated rings. The van der Waals surface area contributed by atoms with Crippen LogP contribution in [0.25, 0.3) is 0 Å². The summed E-state index contributed by atoms with van der Waals surface area (Å²) in [6, 6.07) is 42.6. The normalized spacial score (nSPS) is 16.4. The fourth-order valence-electron chi connectivity index (χ4n) is 4.98. The summed E-state index contributed by atoms with van der Waals surface area (Å²) in [5.41, 5.74) is 2.67. The van der Waals surface area contributed by atoms with Gasteiger partial charge < -0.3 is 4.74 Å². The fourth-order valence-corrected chi connectivity index (χ4v) is 9.83. The number of hydrogen-bond donors (Lipinski definition) is 0. The first kappa shape index (κ1) is 33.6. The molecule has 6 rings (SSSR count). The first-order valence-corrected chi connectivity index (χ1v) is 16.7. The third-order valence-corrected chi connectivity index (χ3v) is 11.8. The van der Waals surface area contributed by atoms with E-state index in [1.807, 2.05) is 25.5 Å². The molecule has 2 aliphatic rings. The molecule has 2 nitrogen and oxygen atoms in total. The standard InChI is InChI=1S/C21H20O2P.C17H14P.Fe/c1-16(23-17(2)22)20-14-9-15-21(20)24(18-10-5-3-6-11-18)19-12-7-4-8-13-19;1-3-9-15(10-4-1)18(17-13-7-8-14-17)16-11-5-2-6-12-16;/h3-16H,1-2H3;1-14H;/t16-;;/m0../s1. The van der Waals surface area contributed by atoms with E-state index in [4.69, 9.17) is 4.74 Å². The largest absolute Gasteiger partial charge is 0.462 e. The van der Waals surface area contributed by atoms with Crippen LogP contribution in [0.15, 0.2) is 121 Å². The second-order valence-electron chi connectivity index (χ2n) is 9.77. The Morgan fingerprint density at radius 1 is 0.558 bits per heavy atom. The summed E-state index contributed by atoms with van der Waals surface area (Å²) in [7, 11) is -1.09. The van der Waals surface area contributed by atoms with E-state index >= 15 is 0 Å². The van der Waals surface area contributed by atoms with Gasteiger partial charge in [-0.1, -0.05) is 121 Å². The maximum atomic E-state index is 11.4. The van der Waals surface area contributed by atoms with Gasteiger partial charge in [-0.25, -0.2) is 0 Å². The number of esters is 1. The molecule has 2 aliphatic carbocycles. The van der Waals surface area contributed by atoms with Gasteiger partial charge in [-0.3, -0.25) is 4.79 Å². The summed E-state index contributed by atoms with van der Waals surface area (Å²) in [5.74, 6) is 0.836. The Morgan fingerprint density at radius 2 is 0.953 bits per heavy atom. The summed E-state index contributed by atoms with van der Waals surface area (Å²) >= 11 is 0. The first-order chi connectivity index (χ1) is 20.6. The minimum absolute atomic E-state index is 0. The van der Waals surface area contributed by atoms with Gasteiger partial charge in [0.2, 0.25) is 0 Å². The summed E-state index contributed by atoms with van der Waals surface area (Å²) in [6.45, 7) is 3.39. The van der Waals surface area contributed by atoms with Crippen LogP contribution in [-0.2, 0) is 26.6 Å². The van der Waals surface area contributed by atoms with Gasteiger partial charge >= 0.3 is 5.97 Å². The first-order valence-electron chi connectivity index (χ1n) is 14.1. The Labute approximate surface area is 272 Å². The van der Waals surface area contributed by atoms with Gasteiger partial charge in [-0.2, -0.15) is 0 Å². The van der Waals surface area contributed by atoms with E-state index in [-0.39, 0.29) is 29.1 Å². The van der Waals surface area contributed by atoms with Crippen molar-refractivity contribution < 1.29 is 26.6 Å². The van der Waals surface area contributed by atoms with Gasteiger partial charge in [-0.05, 0) is 88.9 Å². The second kappa shape index (κ2) is 17.3.